The number of carbonyl (C=O) groups is 1. The number of ether oxygens (including phenoxy) is 1. The van der Waals surface area contributed by atoms with Gasteiger partial charge in [0, 0.05) is 30.3 Å². The predicted octanol–water partition coefficient (Wildman–Crippen LogP) is 3.03. The number of hydrogen-bond acceptors (Lipinski definition) is 4. The van der Waals surface area contributed by atoms with Crippen LogP contribution < -0.4 is 5.56 Å². The van der Waals surface area contributed by atoms with E-state index in [1.807, 2.05) is 6.92 Å². The van der Waals surface area contributed by atoms with Crippen molar-refractivity contribution in [2.75, 3.05) is 20.8 Å². The van der Waals surface area contributed by atoms with Gasteiger partial charge in [0.2, 0.25) is 0 Å². The Labute approximate surface area is 155 Å². The van der Waals surface area contributed by atoms with Gasteiger partial charge in [-0.1, -0.05) is 29.3 Å². The van der Waals surface area contributed by atoms with Crippen LogP contribution >= 0.6 is 23.2 Å². The monoisotopic (exact) mass is 383 g/mol. The Morgan fingerprint density at radius 3 is 2.68 bits per heavy atom. The maximum Gasteiger partial charge on any atom is 0.274 e. The minimum absolute atomic E-state index is 0.176. The third-order valence-corrected chi connectivity index (χ3v) is 4.47. The van der Waals surface area contributed by atoms with Gasteiger partial charge in [0.15, 0.2) is 0 Å². The third kappa shape index (κ3) is 4.60. The van der Waals surface area contributed by atoms with E-state index in [9.17, 15) is 9.59 Å². The van der Waals surface area contributed by atoms with Gasteiger partial charge >= 0.3 is 0 Å². The van der Waals surface area contributed by atoms with Crippen molar-refractivity contribution in [3.05, 3.63) is 62.0 Å². The molecule has 1 amide bonds. The van der Waals surface area contributed by atoms with Gasteiger partial charge in [-0.3, -0.25) is 9.59 Å². The Balaban J connectivity index is 2.25. The van der Waals surface area contributed by atoms with Gasteiger partial charge in [0.1, 0.15) is 5.69 Å². The molecule has 1 heterocycles. The summed E-state index contributed by atoms with van der Waals surface area (Å²) in [5.74, 6) is -0.315. The first kappa shape index (κ1) is 19.4. The lowest BCUT2D eigenvalue weighted by Gasteiger charge is -2.26. The summed E-state index contributed by atoms with van der Waals surface area (Å²) in [4.78, 5) is 26.0. The highest BCUT2D eigenvalue weighted by atomic mass is 35.5. The van der Waals surface area contributed by atoms with Crippen LogP contribution in [0, 0.1) is 0 Å². The lowest BCUT2D eigenvalue weighted by atomic mass is 10.1. The van der Waals surface area contributed by atoms with Crippen molar-refractivity contribution in [1.82, 2.24) is 14.7 Å². The van der Waals surface area contributed by atoms with E-state index < -0.39 is 0 Å². The van der Waals surface area contributed by atoms with Crippen LogP contribution in [0.1, 0.15) is 29.0 Å². The van der Waals surface area contributed by atoms with E-state index in [2.05, 4.69) is 5.10 Å². The summed E-state index contributed by atoms with van der Waals surface area (Å²) < 4.78 is 6.16. The normalized spacial score (nSPS) is 12.0. The second-order valence-corrected chi connectivity index (χ2v) is 6.37. The zero-order valence-electron chi connectivity index (χ0n) is 14.2. The molecule has 0 saturated heterocycles. The number of nitrogens with zero attached hydrogens (tertiary/aromatic N) is 3. The molecule has 0 fully saturated rings. The van der Waals surface area contributed by atoms with Crippen LogP contribution in [-0.4, -0.2) is 41.4 Å². The summed E-state index contributed by atoms with van der Waals surface area (Å²) in [6, 6.07) is 7.59. The van der Waals surface area contributed by atoms with E-state index in [1.165, 1.54) is 28.8 Å². The Morgan fingerprint density at radius 1 is 1.32 bits per heavy atom. The minimum atomic E-state index is -0.315. The highest BCUT2D eigenvalue weighted by Crippen LogP contribution is 2.29. The van der Waals surface area contributed by atoms with Gasteiger partial charge in [-0.25, -0.2) is 4.68 Å². The fraction of sp³-hybridized carbons (Fsp3) is 0.353. The summed E-state index contributed by atoms with van der Waals surface area (Å²) in [5, 5.41) is 5.14. The summed E-state index contributed by atoms with van der Waals surface area (Å²) in [5.41, 5.74) is 0.662. The summed E-state index contributed by atoms with van der Waals surface area (Å²) in [6.45, 7) is 2.46. The molecule has 2 rings (SSSR count). The van der Waals surface area contributed by atoms with Crippen LogP contribution in [0.2, 0.25) is 10.0 Å². The largest absolute Gasteiger partial charge is 0.383 e. The quantitative estimate of drug-likeness (QED) is 0.768. The predicted molar refractivity (Wildman–Crippen MR) is 97.3 cm³/mol. The van der Waals surface area contributed by atoms with E-state index in [1.54, 1.807) is 25.2 Å². The maximum atomic E-state index is 12.7. The summed E-state index contributed by atoms with van der Waals surface area (Å²) in [7, 11) is 3.19. The number of halogens is 2. The number of carbonyl (C=O) groups excluding carboxylic acids is 1. The lowest BCUT2D eigenvalue weighted by molar-refractivity contribution is 0.0733. The number of rotatable bonds is 6. The number of hydrogen-bond donors (Lipinski definition) is 0. The molecular formula is C17H19Cl2N3O3. The molecule has 25 heavy (non-hydrogen) atoms. The van der Waals surface area contributed by atoms with Gasteiger partial charge in [0.25, 0.3) is 11.5 Å². The highest BCUT2D eigenvalue weighted by molar-refractivity contribution is 6.35. The van der Waals surface area contributed by atoms with E-state index in [0.717, 1.165) is 5.56 Å². The molecule has 0 saturated carbocycles. The molecule has 0 spiro atoms. The molecule has 0 aliphatic rings. The molecule has 0 radical (unpaired) electrons. The first-order valence-electron chi connectivity index (χ1n) is 7.64. The molecular weight excluding hydrogens is 365 g/mol. The molecule has 1 atom stereocenters. The molecule has 1 unspecified atom stereocenters. The van der Waals surface area contributed by atoms with Crippen LogP contribution in [0.4, 0.5) is 0 Å². The van der Waals surface area contributed by atoms with Gasteiger partial charge in [-0.05, 0) is 30.7 Å². The van der Waals surface area contributed by atoms with Gasteiger partial charge in [-0.2, -0.15) is 5.10 Å². The number of aromatic nitrogens is 2. The molecule has 0 N–H and O–H groups in total. The molecule has 8 heteroatoms. The van der Waals surface area contributed by atoms with Crippen molar-refractivity contribution in [1.29, 1.82) is 0 Å². The van der Waals surface area contributed by atoms with Crippen LogP contribution in [0.5, 0.6) is 0 Å². The van der Waals surface area contributed by atoms with Gasteiger partial charge in [-0.15, -0.1) is 0 Å². The fourth-order valence-corrected chi connectivity index (χ4v) is 2.87. The van der Waals surface area contributed by atoms with Gasteiger partial charge in [0.05, 0.1) is 19.2 Å². The SMILES string of the molecule is COCCn1nc(C(=O)N(C)C(C)c2ccc(Cl)cc2Cl)ccc1=O. The lowest BCUT2D eigenvalue weighted by Crippen LogP contribution is -2.33. The fourth-order valence-electron chi connectivity index (χ4n) is 2.31. The highest BCUT2D eigenvalue weighted by Gasteiger charge is 2.22. The molecule has 6 nitrogen and oxygen atoms in total. The second kappa shape index (κ2) is 8.47. The number of amides is 1. The van der Waals surface area contributed by atoms with E-state index in [0.29, 0.717) is 16.7 Å². The van der Waals surface area contributed by atoms with E-state index in [-0.39, 0.29) is 29.7 Å². The molecule has 134 valence electrons. The van der Waals surface area contributed by atoms with Crippen molar-refractivity contribution in [3.63, 3.8) is 0 Å². The Morgan fingerprint density at radius 2 is 2.04 bits per heavy atom. The second-order valence-electron chi connectivity index (χ2n) is 5.53. The van der Waals surface area contributed by atoms with Crippen LogP contribution in [0.15, 0.2) is 35.1 Å². The third-order valence-electron chi connectivity index (χ3n) is 3.91. The topological polar surface area (TPSA) is 64.4 Å². The first-order chi connectivity index (χ1) is 11.8. The van der Waals surface area contributed by atoms with E-state index in [4.69, 9.17) is 27.9 Å². The number of benzene rings is 1. The molecule has 2 aromatic rings. The minimum Gasteiger partial charge on any atom is -0.383 e. The average Bonchev–Trinajstić information content (AvgIpc) is 2.59. The number of methoxy groups -OCH3 is 1. The van der Waals surface area contributed by atoms with E-state index >= 15 is 0 Å². The Kier molecular flexibility index (Phi) is 6.58. The van der Waals surface area contributed by atoms with Crippen LogP contribution in [-0.2, 0) is 11.3 Å². The molecule has 1 aromatic carbocycles. The molecule has 0 aliphatic carbocycles. The van der Waals surface area contributed by atoms with Crippen molar-refractivity contribution >= 4 is 29.1 Å². The summed E-state index contributed by atoms with van der Waals surface area (Å²) >= 11 is 12.1. The van der Waals surface area contributed by atoms with Crippen molar-refractivity contribution in [2.24, 2.45) is 0 Å². The summed E-state index contributed by atoms with van der Waals surface area (Å²) in [6.07, 6.45) is 0. The molecule has 0 bridgehead atoms. The molecule has 1 aromatic heterocycles. The zero-order valence-corrected chi connectivity index (χ0v) is 15.7. The average molecular weight is 384 g/mol. The van der Waals surface area contributed by atoms with Gasteiger partial charge < -0.3 is 9.64 Å². The van der Waals surface area contributed by atoms with Crippen molar-refractivity contribution in [2.45, 2.75) is 19.5 Å². The van der Waals surface area contributed by atoms with Crippen LogP contribution in [0.3, 0.4) is 0 Å². The van der Waals surface area contributed by atoms with Crippen LogP contribution in [0.25, 0.3) is 0 Å². The molecule has 0 aliphatic heterocycles. The standard InChI is InChI=1S/C17H19Cl2N3O3/c1-11(13-5-4-12(18)10-14(13)19)21(2)17(24)15-6-7-16(23)22(20-15)8-9-25-3/h4-7,10-11H,8-9H2,1-3H3. The maximum absolute atomic E-state index is 12.7. The van der Waals surface area contributed by atoms with Crippen molar-refractivity contribution < 1.29 is 9.53 Å². The van der Waals surface area contributed by atoms with Crippen molar-refractivity contribution in [3.8, 4) is 0 Å². The first-order valence-corrected chi connectivity index (χ1v) is 8.40. The Hall–Kier alpha value is -1.89. The smallest absolute Gasteiger partial charge is 0.274 e. The Bertz CT molecular complexity index is 823. The zero-order chi connectivity index (χ0) is 18.6.